The summed E-state index contributed by atoms with van der Waals surface area (Å²) in [4.78, 5) is 12.3. The molecule has 21 heavy (non-hydrogen) atoms. The molecule has 0 saturated carbocycles. The van der Waals surface area contributed by atoms with Crippen molar-refractivity contribution in [1.29, 1.82) is 0 Å². The van der Waals surface area contributed by atoms with Gasteiger partial charge in [0.1, 0.15) is 5.75 Å². The molecule has 0 aromatic heterocycles. The van der Waals surface area contributed by atoms with E-state index in [0.717, 1.165) is 11.3 Å². The van der Waals surface area contributed by atoms with Crippen LogP contribution in [0.25, 0.3) is 0 Å². The first-order valence-corrected chi connectivity index (χ1v) is 6.90. The van der Waals surface area contributed by atoms with Crippen LogP contribution in [0.2, 0.25) is 0 Å². The number of carbonyl (C=O) groups is 1. The van der Waals surface area contributed by atoms with E-state index < -0.39 is 0 Å². The maximum Gasteiger partial charge on any atom is 0.256 e. The van der Waals surface area contributed by atoms with Gasteiger partial charge in [0.2, 0.25) is 0 Å². The first-order chi connectivity index (χ1) is 10.0. The molecule has 1 amide bonds. The Balaban J connectivity index is 2.22. The summed E-state index contributed by atoms with van der Waals surface area (Å²) in [5.41, 5.74) is 2.89. The summed E-state index contributed by atoms with van der Waals surface area (Å²) in [6.07, 6.45) is 0. The van der Waals surface area contributed by atoms with Crippen LogP contribution in [-0.2, 0) is 0 Å². The molecule has 2 rings (SSSR count). The monoisotopic (exact) mass is 284 g/mol. The third kappa shape index (κ3) is 3.41. The van der Waals surface area contributed by atoms with E-state index in [9.17, 15) is 9.90 Å². The van der Waals surface area contributed by atoms with Crippen molar-refractivity contribution in [3.63, 3.8) is 0 Å². The van der Waals surface area contributed by atoms with Gasteiger partial charge in [-0.1, -0.05) is 18.2 Å². The summed E-state index contributed by atoms with van der Waals surface area (Å²) in [6, 6.07) is 12.9. The fourth-order valence-electron chi connectivity index (χ4n) is 2.12. The van der Waals surface area contributed by atoms with E-state index >= 15 is 0 Å². The smallest absolute Gasteiger partial charge is 0.256 e. The zero-order valence-electron chi connectivity index (χ0n) is 12.5. The van der Waals surface area contributed by atoms with E-state index in [1.165, 1.54) is 0 Å². The highest BCUT2D eigenvalue weighted by Crippen LogP contribution is 2.22. The lowest BCUT2D eigenvalue weighted by atomic mass is 10.1. The van der Waals surface area contributed by atoms with E-state index in [-0.39, 0.29) is 17.7 Å². The lowest BCUT2D eigenvalue weighted by Gasteiger charge is -2.13. The molecule has 0 aliphatic carbocycles. The van der Waals surface area contributed by atoms with E-state index in [0.29, 0.717) is 11.1 Å². The van der Waals surface area contributed by atoms with Gasteiger partial charge < -0.3 is 15.7 Å². The Bertz CT molecular complexity index is 653. The molecule has 2 aromatic carbocycles. The highest BCUT2D eigenvalue weighted by molar-refractivity contribution is 6.05. The molecule has 4 heteroatoms. The second-order valence-corrected chi connectivity index (χ2v) is 5.04. The lowest BCUT2D eigenvalue weighted by molar-refractivity contribution is 0.102. The third-order valence-corrected chi connectivity index (χ3v) is 3.63. The molecule has 1 atom stereocenters. The van der Waals surface area contributed by atoms with Crippen molar-refractivity contribution in [3.05, 3.63) is 59.2 Å². The van der Waals surface area contributed by atoms with Gasteiger partial charge in [-0.05, 0) is 50.7 Å². The van der Waals surface area contributed by atoms with Crippen LogP contribution in [-0.4, -0.2) is 18.1 Å². The number of rotatable bonds is 4. The molecule has 1 unspecified atom stereocenters. The molecule has 2 aromatic rings. The number of anilines is 1. The van der Waals surface area contributed by atoms with Crippen molar-refractivity contribution in [2.45, 2.75) is 19.9 Å². The molecular weight excluding hydrogens is 264 g/mol. The predicted molar refractivity (Wildman–Crippen MR) is 84.7 cm³/mol. The summed E-state index contributed by atoms with van der Waals surface area (Å²) in [7, 11) is 1.89. The van der Waals surface area contributed by atoms with Crippen molar-refractivity contribution >= 4 is 11.6 Å². The summed E-state index contributed by atoms with van der Waals surface area (Å²) in [5.74, 6) is -0.0992. The number of benzene rings is 2. The topological polar surface area (TPSA) is 61.4 Å². The molecular formula is C17H20N2O2. The molecule has 3 N–H and O–H groups in total. The standard InChI is InChI=1S/C17H20N2O2/c1-11-15(8-5-9-16(11)20)17(21)19-14-7-4-6-13(10-14)12(2)18-3/h4-10,12,18,20H,1-3H3,(H,19,21). The van der Waals surface area contributed by atoms with E-state index in [1.807, 2.05) is 31.3 Å². The quantitative estimate of drug-likeness (QED) is 0.807. The second-order valence-electron chi connectivity index (χ2n) is 5.04. The van der Waals surface area contributed by atoms with Crippen molar-refractivity contribution < 1.29 is 9.90 Å². The Morgan fingerprint density at radius 2 is 1.90 bits per heavy atom. The van der Waals surface area contributed by atoms with Crippen LogP contribution in [0.5, 0.6) is 5.75 Å². The van der Waals surface area contributed by atoms with Crippen LogP contribution in [0.1, 0.15) is 34.5 Å². The van der Waals surface area contributed by atoms with Crippen molar-refractivity contribution in [2.75, 3.05) is 12.4 Å². The van der Waals surface area contributed by atoms with Crippen LogP contribution in [0.4, 0.5) is 5.69 Å². The van der Waals surface area contributed by atoms with Crippen LogP contribution in [0, 0.1) is 6.92 Å². The average molecular weight is 284 g/mol. The molecule has 0 fully saturated rings. The first kappa shape index (κ1) is 15.1. The van der Waals surface area contributed by atoms with Gasteiger partial charge >= 0.3 is 0 Å². The third-order valence-electron chi connectivity index (χ3n) is 3.63. The number of hydrogen-bond donors (Lipinski definition) is 3. The molecule has 0 heterocycles. The second kappa shape index (κ2) is 6.41. The number of aromatic hydroxyl groups is 1. The van der Waals surface area contributed by atoms with Gasteiger partial charge in [0, 0.05) is 22.9 Å². The first-order valence-electron chi connectivity index (χ1n) is 6.90. The van der Waals surface area contributed by atoms with Gasteiger partial charge in [-0.15, -0.1) is 0 Å². The molecule has 0 radical (unpaired) electrons. The number of amides is 1. The van der Waals surface area contributed by atoms with Gasteiger partial charge in [-0.25, -0.2) is 0 Å². The highest BCUT2D eigenvalue weighted by atomic mass is 16.3. The Kier molecular flexibility index (Phi) is 4.60. The van der Waals surface area contributed by atoms with Gasteiger partial charge in [0.15, 0.2) is 0 Å². The minimum atomic E-state index is -0.224. The summed E-state index contributed by atoms with van der Waals surface area (Å²) < 4.78 is 0. The van der Waals surface area contributed by atoms with Crippen molar-refractivity contribution in [2.24, 2.45) is 0 Å². The molecule has 0 aliphatic heterocycles. The maximum absolute atomic E-state index is 12.3. The number of phenolic OH excluding ortho intramolecular Hbond substituents is 1. The number of nitrogens with one attached hydrogen (secondary N) is 2. The SMILES string of the molecule is CNC(C)c1cccc(NC(=O)c2cccc(O)c2C)c1. The minimum Gasteiger partial charge on any atom is -0.508 e. The van der Waals surface area contributed by atoms with E-state index in [2.05, 4.69) is 17.6 Å². The van der Waals surface area contributed by atoms with Gasteiger partial charge in [-0.3, -0.25) is 4.79 Å². The lowest BCUT2D eigenvalue weighted by Crippen LogP contribution is -2.15. The fourth-order valence-corrected chi connectivity index (χ4v) is 2.12. The molecule has 0 bridgehead atoms. The van der Waals surface area contributed by atoms with Crippen LogP contribution in [0.3, 0.4) is 0 Å². The maximum atomic E-state index is 12.3. The number of phenols is 1. The largest absolute Gasteiger partial charge is 0.508 e. The van der Waals surface area contributed by atoms with Crippen LogP contribution >= 0.6 is 0 Å². The number of hydrogen-bond acceptors (Lipinski definition) is 3. The predicted octanol–water partition coefficient (Wildman–Crippen LogP) is 3.23. The highest BCUT2D eigenvalue weighted by Gasteiger charge is 2.12. The van der Waals surface area contributed by atoms with Gasteiger partial charge in [-0.2, -0.15) is 0 Å². The fraction of sp³-hybridized carbons (Fsp3) is 0.235. The number of carbonyl (C=O) groups excluding carboxylic acids is 1. The van der Waals surface area contributed by atoms with Crippen molar-refractivity contribution in [3.8, 4) is 5.75 Å². The summed E-state index contributed by atoms with van der Waals surface area (Å²) in [6.45, 7) is 3.78. The van der Waals surface area contributed by atoms with Gasteiger partial charge in [0.05, 0.1) is 0 Å². The molecule has 0 saturated heterocycles. The van der Waals surface area contributed by atoms with E-state index in [1.54, 1.807) is 25.1 Å². The Morgan fingerprint density at radius 3 is 2.62 bits per heavy atom. The Morgan fingerprint density at radius 1 is 1.19 bits per heavy atom. The summed E-state index contributed by atoms with van der Waals surface area (Å²) in [5, 5.41) is 15.7. The Labute approximate surface area is 124 Å². The zero-order valence-corrected chi connectivity index (χ0v) is 12.5. The molecule has 110 valence electrons. The van der Waals surface area contributed by atoms with E-state index in [4.69, 9.17) is 0 Å². The van der Waals surface area contributed by atoms with Crippen LogP contribution < -0.4 is 10.6 Å². The van der Waals surface area contributed by atoms with Crippen LogP contribution in [0.15, 0.2) is 42.5 Å². The minimum absolute atomic E-state index is 0.125. The van der Waals surface area contributed by atoms with Crippen molar-refractivity contribution in [1.82, 2.24) is 5.32 Å². The molecule has 0 aliphatic rings. The summed E-state index contributed by atoms with van der Waals surface area (Å²) >= 11 is 0. The Hall–Kier alpha value is -2.33. The molecule has 4 nitrogen and oxygen atoms in total. The average Bonchev–Trinajstić information content (AvgIpc) is 2.49. The van der Waals surface area contributed by atoms with Gasteiger partial charge in [0.25, 0.3) is 5.91 Å². The normalized spacial score (nSPS) is 12.0. The molecule has 0 spiro atoms. The zero-order chi connectivity index (χ0) is 15.4.